The summed E-state index contributed by atoms with van der Waals surface area (Å²) in [5, 5.41) is 5.16. The summed E-state index contributed by atoms with van der Waals surface area (Å²) in [5.41, 5.74) is 0.980. The zero-order chi connectivity index (χ0) is 14.6. The van der Waals surface area contributed by atoms with E-state index in [1.54, 1.807) is 18.2 Å². The third-order valence-electron chi connectivity index (χ3n) is 3.05. The fraction of sp³-hybridized carbons (Fsp3) is 0.357. The van der Waals surface area contributed by atoms with Crippen molar-refractivity contribution in [2.75, 3.05) is 5.32 Å². The Bertz CT molecular complexity index is 503. The Morgan fingerprint density at radius 3 is 2.60 bits per heavy atom. The second-order valence-electron chi connectivity index (χ2n) is 4.67. The van der Waals surface area contributed by atoms with E-state index in [1.165, 1.54) is 6.07 Å². The average Bonchev–Trinajstić information content (AvgIpc) is 2.89. The maximum absolute atomic E-state index is 12.2. The molecule has 0 radical (unpaired) electrons. The summed E-state index contributed by atoms with van der Waals surface area (Å²) in [6.07, 6.45) is 1.24. The van der Waals surface area contributed by atoms with Crippen LogP contribution in [0.3, 0.4) is 0 Å². The summed E-state index contributed by atoms with van der Waals surface area (Å²) in [4.78, 5) is 10.9. The molecule has 0 aliphatic heterocycles. The van der Waals surface area contributed by atoms with Crippen LogP contribution >= 0.6 is 0 Å². The predicted octanol–water partition coefficient (Wildman–Crippen LogP) is 3.00. The van der Waals surface area contributed by atoms with Crippen LogP contribution in [-0.4, -0.2) is 18.1 Å². The van der Waals surface area contributed by atoms with Gasteiger partial charge in [0, 0.05) is 18.3 Å². The van der Waals surface area contributed by atoms with E-state index in [0.29, 0.717) is 12.6 Å². The van der Waals surface area contributed by atoms with E-state index in [1.807, 2.05) is 5.32 Å². The van der Waals surface area contributed by atoms with Gasteiger partial charge in [-0.25, -0.2) is 0 Å². The number of nitrogens with one attached hydrogen (secondary N) is 2. The summed E-state index contributed by atoms with van der Waals surface area (Å²) in [6.45, 7) is 0.558. The molecule has 0 spiro atoms. The minimum atomic E-state index is -4.87. The van der Waals surface area contributed by atoms with Crippen LogP contribution in [0.5, 0.6) is 0 Å². The maximum Gasteiger partial charge on any atom is 0.471 e. The van der Waals surface area contributed by atoms with Crippen LogP contribution in [0.2, 0.25) is 0 Å². The molecular formula is C14H15F3N2O. The second-order valence-corrected chi connectivity index (χ2v) is 4.67. The molecule has 6 heteroatoms. The van der Waals surface area contributed by atoms with Crippen molar-refractivity contribution in [3.63, 3.8) is 0 Å². The van der Waals surface area contributed by atoms with Crippen molar-refractivity contribution in [2.24, 2.45) is 0 Å². The standard InChI is InChI=1S/C14H15F3N2O/c15-14(16,17)13(20)19-12-7-3-4-10(8-12)9-18-11-5-1-2-6-11/h1-4,7-8,11,18H,5-6,9H2,(H,19,20). The molecule has 1 aromatic rings. The summed E-state index contributed by atoms with van der Waals surface area (Å²) in [7, 11) is 0. The quantitative estimate of drug-likeness (QED) is 0.835. The van der Waals surface area contributed by atoms with Gasteiger partial charge in [-0.05, 0) is 30.5 Å². The lowest BCUT2D eigenvalue weighted by atomic mass is 10.1. The number of carbonyl (C=O) groups excluding carboxylic acids is 1. The number of benzene rings is 1. The molecule has 1 aliphatic carbocycles. The first-order valence-corrected chi connectivity index (χ1v) is 6.30. The minimum Gasteiger partial charge on any atom is -0.318 e. The lowest BCUT2D eigenvalue weighted by molar-refractivity contribution is -0.167. The molecule has 0 atom stereocenters. The van der Waals surface area contributed by atoms with Gasteiger partial charge in [-0.2, -0.15) is 13.2 Å². The molecule has 0 saturated heterocycles. The zero-order valence-corrected chi connectivity index (χ0v) is 10.7. The normalized spacial score (nSPS) is 15.6. The van der Waals surface area contributed by atoms with Crippen molar-refractivity contribution in [3.8, 4) is 0 Å². The molecule has 2 rings (SSSR count). The Morgan fingerprint density at radius 2 is 1.95 bits per heavy atom. The topological polar surface area (TPSA) is 41.1 Å². The maximum atomic E-state index is 12.2. The van der Waals surface area contributed by atoms with Crippen molar-refractivity contribution >= 4 is 11.6 Å². The number of halogens is 3. The number of hydrogen-bond donors (Lipinski definition) is 2. The van der Waals surface area contributed by atoms with Crippen LogP contribution < -0.4 is 10.6 Å². The van der Waals surface area contributed by atoms with Crippen LogP contribution in [0.1, 0.15) is 18.4 Å². The van der Waals surface area contributed by atoms with E-state index in [0.717, 1.165) is 18.4 Å². The Kier molecular flexibility index (Phi) is 4.44. The SMILES string of the molecule is O=C(Nc1cccc(CNC2CC=CC2)c1)C(F)(F)F. The number of anilines is 1. The van der Waals surface area contributed by atoms with Crippen molar-refractivity contribution < 1.29 is 18.0 Å². The van der Waals surface area contributed by atoms with E-state index >= 15 is 0 Å². The van der Waals surface area contributed by atoms with Gasteiger partial charge in [-0.1, -0.05) is 24.3 Å². The van der Waals surface area contributed by atoms with Gasteiger partial charge < -0.3 is 10.6 Å². The van der Waals surface area contributed by atoms with Gasteiger partial charge in [0.05, 0.1) is 0 Å². The summed E-state index contributed by atoms with van der Waals surface area (Å²) >= 11 is 0. The van der Waals surface area contributed by atoms with Gasteiger partial charge >= 0.3 is 12.1 Å². The Morgan fingerprint density at radius 1 is 1.25 bits per heavy atom. The highest BCUT2D eigenvalue weighted by molar-refractivity contribution is 5.94. The molecule has 2 N–H and O–H groups in total. The van der Waals surface area contributed by atoms with E-state index < -0.39 is 12.1 Å². The number of hydrogen-bond acceptors (Lipinski definition) is 2. The number of amides is 1. The molecule has 1 amide bonds. The number of rotatable bonds is 4. The molecule has 0 heterocycles. The molecule has 0 fully saturated rings. The Labute approximate surface area is 114 Å². The van der Waals surface area contributed by atoms with Crippen molar-refractivity contribution in [1.82, 2.24) is 5.32 Å². The van der Waals surface area contributed by atoms with E-state index in [-0.39, 0.29) is 5.69 Å². The van der Waals surface area contributed by atoms with E-state index in [9.17, 15) is 18.0 Å². The van der Waals surface area contributed by atoms with Gasteiger partial charge in [0.25, 0.3) is 0 Å². The van der Waals surface area contributed by atoms with Crippen molar-refractivity contribution in [3.05, 3.63) is 42.0 Å². The molecule has 108 valence electrons. The highest BCUT2D eigenvalue weighted by Gasteiger charge is 2.38. The highest BCUT2D eigenvalue weighted by atomic mass is 19.4. The minimum absolute atomic E-state index is 0.149. The van der Waals surface area contributed by atoms with Crippen LogP contribution in [-0.2, 0) is 11.3 Å². The largest absolute Gasteiger partial charge is 0.471 e. The van der Waals surface area contributed by atoms with Crippen LogP contribution in [0.25, 0.3) is 0 Å². The van der Waals surface area contributed by atoms with Gasteiger partial charge in [-0.15, -0.1) is 0 Å². The van der Waals surface area contributed by atoms with E-state index in [2.05, 4.69) is 17.5 Å². The molecule has 20 heavy (non-hydrogen) atoms. The third-order valence-corrected chi connectivity index (χ3v) is 3.05. The van der Waals surface area contributed by atoms with Crippen LogP contribution in [0, 0.1) is 0 Å². The highest BCUT2D eigenvalue weighted by Crippen LogP contribution is 2.19. The Hall–Kier alpha value is -1.82. The first kappa shape index (κ1) is 14.6. The molecule has 1 aromatic carbocycles. The second kappa shape index (κ2) is 6.09. The van der Waals surface area contributed by atoms with E-state index in [4.69, 9.17) is 0 Å². The summed E-state index contributed by atoms with van der Waals surface area (Å²) in [6, 6.07) is 6.78. The molecule has 0 saturated carbocycles. The fourth-order valence-corrected chi connectivity index (χ4v) is 2.01. The van der Waals surface area contributed by atoms with Crippen molar-refractivity contribution in [2.45, 2.75) is 31.6 Å². The first-order valence-electron chi connectivity index (χ1n) is 6.30. The lowest BCUT2D eigenvalue weighted by Crippen LogP contribution is -2.30. The number of alkyl halides is 3. The zero-order valence-electron chi connectivity index (χ0n) is 10.7. The molecule has 0 bridgehead atoms. The average molecular weight is 284 g/mol. The van der Waals surface area contributed by atoms with Gasteiger partial charge in [0.2, 0.25) is 0 Å². The molecule has 0 aromatic heterocycles. The molecule has 0 unspecified atom stereocenters. The monoisotopic (exact) mass is 284 g/mol. The van der Waals surface area contributed by atoms with Crippen LogP contribution in [0.4, 0.5) is 18.9 Å². The van der Waals surface area contributed by atoms with Gasteiger partial charge in [-0.3, -0.25) is 4.79 Å². The molecule has 1 aliphatic rings. The van der Waals surface area contributed by atoms with Gasteiger partial charge in [0.15, 0.2) is 0 Å². The summed E-state index contributed by atoms with van der Waals surface area (Å²) in [5.74, 6) is -1.96. The van der Waals surface area contributed by atoms with Gasteiger partial charge in [0.1, 0.15) is 0 Å². The van der Waals surface area contributed by atoms with Crippen LogP contribution in [0.15, 0.2) is 36.4 Å². The molecule has 3 nitrogen and oxygen atoms in total. The third kappa shape index (κ3) is 4.09. The smallest absolute Gasteiger partial charge is 0.318 e. The molecular weight excluding hydrogens is 269 g/mol. The van der Waals surface area contributed by atoms with Crippen molar-refractivity contribution in [1.29, 1.82) is 0 Å². The summed E-state index contributed by atoms with van der Waals surface area (Å²) < 4.78 is 36.5. The first-order chi connectivity index (χ1) is 9.45. The number of carbonyl (C=O) groups is 1. The predicted molar refractivity (Wildman–Crippen MR) is 70.1 cm³/mol. The fourth-order valence-electron chi connectivity index (χ4n) is 2.01. The lowest BCUT2D eigenvalue weighted by Gasteiger charge is -2.13. The Balaban J connectivity index is 1.92.